The smallest absolute Gasteiger partial charge is 0.280 e. The molecule has 1 rings (SSSR count). The first-order valence-corrected chi connectivity index (χ1v) is 3.49. The minimum Gasteiger partial charge on any atom is -0.383 e. The van der Waals surface area contributed by atoms with E-state index >= 15 is 0 Å². The summed E-state index contributed by atoms with van der Waals surface area (Å²) in [7, 11) is 0. The molecule has 0 aliphatic heterocycles. The Bertz CT molecular complexity index is 291. The van der Waals surface area contributed by atoms with E-state index in [1.54, 1.807) is 0 Å². The number of anilines is 1. The number of nitrogen functional groups attached to an aromatic ring is 1. The molecule has 72 valence electrons. The monoisotopic (exact) mass is 191 g/mol. The summed E-state index contributed by atoms with van der Waals surface area (Å²) in [5.74, 6) is -1.12. The van der Waals surface area contributed by atoms with Crippen molar-refractivity contribution in [2.75, 3.05) is 5.73 Å². The first-order chi connectivity index (χ1) is 6.06. The van der Waals surface area contributed by atoms with Gasteiger partial charge in [0.25, 0.3) is 6.43 Å². The maximum atomic E-state index is 12.9. The Labute approximate surface area is 72.6 Å². The summed E-state index contributed by atoms with van der Waals surface area (Å²) >= 11 is 0. The number of nitrogens with zero attached hydrogens (tertiary/aromatic N) is 1. The fraction of sp³-hybridized carbons (Fsp3) is 0.286. The summed E-state index contributed by atoms with van der Waals surface area (Å²) in [4.78, 5) is 3.31. The van der Waals surface area contributed by atoms with Gasteiger partial charge in [-0.2, -0.15) is 0 Å². The minimum absolute atomic E-state index is 0.0376. The molecule has 1 aromatic heterocycles. The van der Waals surface area contributed by atoms with E-state index in [0.29, 0.717) is 6.07 Å². The van der Waals surface area contributed by atoms with E-state index < -0.39 is 17.9 Å². The lowest BCUT2D eigenvalue weighted by Gasteiger charge is -2.06. The van der Waals surface area contributed by atoms with E-state index in [-0.39, 0.29) is 17.9 Å². The summed E-state index contributed by atoms with van der Waals surface area (Å²) in [5.41, 5.74) is 9.62. The summed E-state index contributed by atoms with van der Waals surface area (Å²) in [5, 5.41) is 0. The number of aromatic nitrogens is 1. The van der Waals surface area contributed by atoms with Crippen LogP contribution >= 0.6 is 0 Å². The van der Waals surface area contributed by atoms with Crippen LogP contribution < -0.4 is 11.5 Å². The zero-order valence-corrected chi connectivity index (χ0v) is 6.60. The van der Waals surface area contributed by atoms with Crippen LogP contribution in [0.3, 0.4) is 0 Å². The predicted octanol–water partition coefficient (Wildman–Crippen LogP) is 1.20. The van der Waals surface area contributed by atoms with E-state index in [0.717, 1.165) is 0 Å². The SMILES string of the molecule is NCc1c(F)cc(C(F)F)nc1N. The summed E-state index contributed by atoms with van der Waals surface area (Å²) in [6, 6.07) is 0.642. The third-order valence-corrected chi connectivity index (χ3v) is 1.55. The van der Waals surface area contributed by atoms with Gasteiger partial charge >= 0.3 is 0 Å². The third kappa shape index (κ3) is 1.89. The molecule has 1 aromatic rings. The lowest BCUT2D eigenvalue weighted by molar-refractivity contribution is 0.145. The maximum Gasteiger partial charge on any atom is 0.280 e. The molecule has 0 aliphatic rings. The molecule has 0 saturated carbocycles. The van der Waals surface area contributed by atoms with Crippen molar-refractivity contribution in [3.05, 3.63) is 23.1 Å². The largest absolute Gasteiger partial charge is 0.383 e. The van der Waals surface area contributed by atoms with Crippen molar-refractivity contribution in [3.8, 4) is 0 Å². The molecule has 6 heteroatoms. The molecule has 0 aromatic carbocycles. The Morgan fingerprint density at radius 1 is 1.46 bits per heavy atom. The first kappa shape index (κ1) is 9.79. The molecular weight excluding hydrogens is 183 g/mol. The zero-order chi connectivity index (χ0) is 10.0. The van der Waals surface area contributed by atoms with E-state index in [1.165, 1.54) is 0 Å². The second-order valence-corrected chi connectivity index (χ2v) is 2.40. The number of alkyl halides is 2. The van der Waals surface area contributed by atoms with Crippen LogP contribution in [0, 0.1) is 5.82 Å². The van der Waals surface area contributed by atoms with Crippen molar-refractivity contribution >= 4 is 5.82 Å². The molecule has 0 aliphatic carbocycles. The zero-order valence-electron chi connectivity index (χ0n) is 6.60. The van der Waals surface area contributed by atoms with Crippen molar-refractivity contribution in [2.24, 2.45) is 5.73 Å². The van der Waals surface area contributed by atoms with Gasteiger partial charge in [0.2, 0.25) is 0 Å². The van der Waals surface area contributed by atoms with E-state index in [4.69, 9.17) is 11.5 Å². The van der Waals surface area contributed by atoms with Crippen LogP contribution in [0.15, 0.2) is 6.07 Å². The van der Waals surface area contributed by atoms with Gasteiger partial charge in [-0.25, -0.2) is 18.2 Å². The molecule has 0 unspecified atom stereocenters. The molecule has 0 amide bonds. The van der Waals surface area contributed by atoms with E-state index in [2.05, 4.69) is 4.98 Å². The van der Waals surface area contributed by atoms with Gasteiger partial charge in [0.15, 0.2) is 0 Å². The summed E-state index contributed by atoms with van der Waals surface area (Å²) in [6.07, 6.45) is -2.83. The van der Waals surface area contributed by atoms with Crippen LogP contribution in [0.1, 0.15) is 17.7 Å². The highest BCUT2D eigenvalue weighted by Crippen LogP contribution is 2.21. The van der Waals surface area contributed by atoms with Gasteiger partial charge < -0.3 is 11.5 Å². The third-order valence-electron chi connectivity index (χ3n) is 1.55. The number of nitrogens with two attached hydrogens (primary N) is 2. The minimum atomic E-state index is -2.83. The molecule has 3 nitrogen and oxygen atoms in total. The fourth-order valence-corrected chi connectivity index (χ4v) is 0.892. The highest BCUT2D eigenvalue weighted by atomic mass is 19.3. The van der Waals surface area contributed by atoms with Gasteiger partial charge in [-0.05, 0) is 0 Å². The molecule has 0 saturated heterocycles. The van der Waals surface area contributed by atoms with Crippen molar-refractivity contribution in [1.82, 2.24) is 4.98 Å². The van der Waals surface area contributed by atoms with E-state index in [9.17, 15) is 13.2 Å². The molecule has 4 N–H and O–H groups in total. The summed E-state index contributed by atoms with van der Waals surface area (Å²) < 4.78 is 37.0. The number of hydrogen-bond donors (Lipinski definition) is 2. The average Bonchev–Trinajstić information content (AvgIpc) is 2.03. The van der Waals surface area contributed by atoms with Crippen LogP contribution in [0.25, 0.3) is 0 Å². The van der Waals surface area contributed by atoms with Crippen LogP contribution in [0.2, 0.25) is 0 Å². The molecule has 0 spiro atoms. The lowest BCUT2D eigenvalue weighted by atomic mass is 10.2. The Hall–Kier alpha value is -1.30. The molecule has 0 fully saturated rings. The molecule has 13 heavy (non-hydrogen) atoms. The first-order valence-electron chi connectivity index (χ1n) is 3.49. The Morgan fingerprint density at radius 3 is 2.46 bits per heavy atom. The van der Waals surface area contributed by atoms with Gasteiger partial charge in [-0.3, -0.25) is 0 Å². The second-order valence-electron chi connectivity index (χ2n) is 2.40. The molecule has 0 bridgehead atoms. The molecule has 1 heterocycles. The van der Waals surface area contributed by atoms with Crippen molar-refractivity contribution in [1.29, 1.82) is 0 Å². The molecular formula is C7H8F3N3. The molecule has 0 atom stereocenters. The summed E-state index contributed by atoms with van der Waals surface area (Å²) in [6.45, 7) is -0.159. The highest BCUT2D eigenvalue weighted by molar-refractivity contribution is 5.41. The van der Waals surface area contributed by atoms with Crippen LogP contribution in [0.4, 0.5) is 19.0 Å². The fourth-order valence-electron chi connectivity index (χ4n) is 0.892. The quantitative estimate of drug-likeness (QED) is 0.738. The average molecular weight is 191 g/mol. The van der Waals surface area contributed by atoms with Crippen molar-refractivity contribution in [3.63, 3.8) is 0 Å². The number of pyridine rings is 1. The van der Waals surface area contributed by atoms with Gasteiger partial charge in [-0.1, -0.05) is 0 Å². The normalized spacial score (nSPS) is 10.8. The van der Waals surface area contributed by atoms with Crippen LogP contribution in [0.5, 0.6) is 0 Å². The number of hydrogen-bond acceptors (Lipinski definition) is 3. The Kier molecular flexibility index (Phi) is 2.72. The van der Waals surface area contributed by atoms with Crippen LogP contribution in [-0.4, -0.2) is 4.98 Å². The van der Waals surface area contributed by atoms with Gasteiger partial charge in [0.1, 0.15) is 17.3 Å². The molecule has 0 radical (unpaired) electrons. The van der Waals surface area contributed by atoms with Crippen molar-refractivity contribution < 1.29 is 13.2 Å². The van der Waals surface area contributed by atoms with Crippen molar-refractivity contribution in [2.45, 2.75) is 13.0 Å². The maximum absolute atomic E-state index is 12.9. The van der Waals surface area contributed by atoms with Gasteiger partial charge in [-0.15, -0.1) is 0 Å². The predicted molar refractivity (Wildman–Crippen MR) is 41.5 cm³/mol. The Morgan fingerprint density at radius 2 is 2.08 bits per heavy atom. The highest BCUT2D eigenvalue weighted by Gasteiger charge is 2.14. The second kappa shape index (κ2) is 3.61. The topological polar surface area (TPSA) is 64.9 Å². The Balaban J connectivity index is 3.20. The lowest BCUT2D eigenvalue weighted by Crippen LogP contribution is -2.08. The standard InChI is InChI=1S/C7H8F3N3/c8-4-1-5(6(9)10)13-7(12)3(4)2-11/h1,6H,2,11H2,(H2,12,13). The van der Waals surface area contributed by atoms with Crippen LogP contribution in [-0.2, 0) is 6.54 Å². The number of rotatable bonds is 2. The van der Waals surface area contributed by atoms with Gasteiger partial charge in [0.05, 0.1) is 0 Å². The van der Waals surface area contributed by atoms with Gasteiger partial charge in [0, 0.05) is 18.2 Å². The van der Waals surface area contributed by atoms with E-state index in [1.807, 2.05) is 0 Å². The number of halogens is 3.